The lowest BCUT2D eigenvalue weighted by Crippen LogP contribution is -1.84. The van der Waals surface area contributed by atoms with Crippen molar-refractivity contribution >= 4 is 23.0 Å². The predicted octanol–water partition coefficient (Wildman–Crippen LogP) is 1.70. The Morgan fingerprint density at radius 1 is 1.12 bits per heavy atom. The smallest absolute Gasteiger partial charge is 0.175 e. The normalized spacial score (nSPS) is 11.0. The first-order valence-electron chi connectivity index (χ1n) is 4.47. The Labute approximate surface area is 90.8 Å². The van der Waals surface area contributed by atoms with Crippen LogP contribution >= 0.6 is 0 Å². The second-order valence-corrected chi connectivity index (χ2v) is 3.09. The summed E-state index contributed by atoms with van der Waals surface area (Å²) in [7, 11) is 0. The van der Waals surface area contributed by atoms with Crippen molar-refractivity contribution in [1.82, 2.24) is 10.2 Å². The minimum atomic E-state index is 0.168. The first-order chi connectivity index (χ1) is 7.66. The van der Waals surface area contributed by atoms with Gasteiger partial charge in [-0.1, -0.05) is 0 Å². The zero-order valence-electron chi connectivity index (χ0n) is 8.25. The highest BCUT2D eigenvalue weighted by molar-refractivity contribution is 5.70. The van der Waals surface area contributed by atoms with Crippen LogP contribution in [0.3, 0.4) is 0 Å². The number of phenolic OH excluding ortho intramolecular Hbond substituents is 1. The number of aromatic amines is 1. The molecular weight excluding hydrogens is 208 g/mol. The monoisotopic (exact) mass is 218 g/mol. The van der Waals surface area contributed by atoms with Gasteiger partial charge in [0.25, 0.3) is 0 Å². The highest BCUT2D eigenvalue weighted by atomic mass is 16.3. The quantitative estimate of drug-likeness (QED) is 0.572. The molecule has 0 fully saturated rings. The Balaban J connectivity index is 2.24. The number of nitrogen functional groups attached to an aromatic ring is 2. The molecule has 6 N–H and O–H groups in total. The van der Waals surface area contributed by atoms with Gasteiger partial charge < -0.3 is 16.6 Å². The maximum Gasteiger partial charge on any atom is 0.175 e. The molecule has 0 saturated carbocycles. The molecular formula is C9H10N6O. The number of phenols is 1. The number of hydrogen-bond acceptors (Lipinski definition) is 6. The summed E-state index contributed by atoms with van der Waals surface area (Å²) in [6.45, 7) is 0. The average molecular weight is 218 g/mol. The average Bonchev–Trinajstić information content (AvgIpc) is 2.59. The summed E-state index contributed by atoms with van der Waals surface area (Å²) in [4.78, 5) is 0. The third kappa shape index (κ3) is 1.92. The topological polar surface area (TPSA) is 126 Å². The van der Waals surface area contributed by atoms with Crippen LogP contribution in [-0.2, 0) is 0 Å². The van der Waals surface area contributed by atoms with E-state index in [2.05, 4.69) is 20.4 Å². The molecule has 1 aromatic heterocycles. The number of aromatic hydroxyl groups is 1. The van der Waals surface area contributed by atoms with Crippen LogP contribution in [0.5, 0.6) is 5.75 Å². The minimum Gasteiger partial charge on any atom is -0.508 e. The maximum absolute atomic E-state index is 9.07. The van der Waals surface area contributed by atoms with Crippen LogP contribution in [0.25, 0.3) is 0 Å². The number of anilines is 2. The van der Waals surface area contributed by atoms with Gasteiger partial charge in [-0.2, -0.15) is 10.2 Å². The Morgan fingerprint density at radius 2 is 1.81 bits per heavy atom. The van der Waals surface area contributed by atoms with Crippen molar-refractivity contribution in [2.75, 3.05) is 11.5 Å². The Bertz CT molecular complexity index is 496. The third-order valence-electron chi connectivity index (χ3n) is 1.91. The second-order valence-electron chi connectivity index (χ2n) is 3.09. The van der Waals surface area contributed by atoms with Crippen molar-refractivity contribution in [1.29, 1.82) is 0 Å². The molecule has 0 unspecified atom stereocenters. The summed E-state index contributed by atoms with van der Waals surface area (Å²) in [6, 6.07) is 6.25. The molecule has 0 bridgehead atoms. The van der Waals surface area contributed by atoms with Gasteiger partial charge >= 0.3 is 0 Å². The maximum atomic E-state index is 9.07. The molecule has 2 aromatic rings. The molecule has 0 aliphatic carbocycles. The standard InChI is InChI=1S/C9H10N6O/c10-8-7(9(11)15-14-8)13-12-5-1-3-6(16)4-2-5/h1-4,16H,(H5,10,11,14,15). The lowest BCUT2D eigenvalue weighted by atomic mass is 10.3. The Morgan fingerprint density at radius 3 is 2.38 bits per heavy atom. The molecule has 0 radical (unpaired) electrons. The van der Waals surface area contributed by atoms with Crippen LogP contribution in [0.15, 0.2) is 34.5 Å². The number of aromatic nitrogens is 2. The number of nitrogens with zero attached hydrogens (tertiary/aromatic N) is 3. The molecule has 7 nitrogen and oxygen atoms in total. The minimum absolute atomic E-state index is 0.168. The molecule has 0 amide bonds. The Kier molecular flexibility index (Phi) is 2.42. The highest BCUT2D eigenvalue weighted by Crippen LogP contribution is 2.28. The van der Waals surface area contributed by atoms with Gasteiger partial charge in [-0.05, 0) is 24.3 Å². The summed E-state index contributed by atoms with van der Waals surface area (Å²) in [5.74, 6) is 0.626. The number of nitrogens with one attached hydrogen (secondary N) is 1. The van der Waals surface area contributed by atoms with E-state index in [-0.39, 0.29) is 17.4 Å². The second kappa shape index (κ2) is 3.89. The summed E-state index contributed by atoms with van der Waals surface area (Å²) in [6.07, 6.45) is 0. The van der Waals surface area contributed by atoms with Gasteiger partial charge in [-0.25, -0.2) is 0 Å². The Hall–Kier alpha value is -2.57. The summed E-state index contributed by atoms with van der Waals surface area (Å²) >= 11 is 0. The van der Waals surface area contributed by atoms with Gasteiger partial charge in [-0.15, -0.1) is 5.11 Å². The van der Waals surface area contributed by atoms with Crippen molar-refractivity contribution in [3.8, 4) is 5.75 Å². The zero-order valence-corrected chi connectivity index (χ0v) is 8.25. The highest BCUT2D eigenvalue weighted by Gasteiger charge is 2.05. The van der Waals surface area contributed by atoms with Crippen LogP contribution in [0.4, 0.5) is 23.0 Å². The molecule has 1 heterocycles. The fraction of sp³-hybridized carbons (Fsp3) is 0. The van der Waals surface area contributed by atoms with Crippen LogP contribution < -0.4 is 11.5 Å². The van der Waals surface area contributed by atoms with Gasteiger partial charge in [0.15, 0.2) is 11.5 Å². The lowest BCUT2D eigenvalue weighted by Gasteiger charge is -1.93. The summed E-state index contributed by atoms with van der Waals surface area (Å²) in [5, 5.41) is 23.0. The molecule has 0 spiro atoms. The van der Waals surface area contributed by atoms with Crippen LogP contribution in [0.2, 0.25) is 0 Å². The molecule has 2 rings (SSSR count). The van der Waals surface area contributed by atoms with Gasteiger partial charge in [0, 0.05) is 0 Å². The van der Waals surface area contributed by atoms with E-state index < -0.39 is 0 Å². The number of hydrogen-bond donors (Lipinski definition) is 4. The van der Waals surface area contributed by atoms with E-state index in [1.54, 1.807) is 12.1 Å². The van der Waals surface area contributed by atoms with E-state index in [0.717, 1.165) is 0 Å². The molecule has 7 heteroatoms. The molecule has 0 saturated heterocycles. The fourth-order valence-corrected chi connectivity index (χ4v) is 1.10. The number of benzene rings is 1. The van der Waals surface area contributed by atoms with Gasteiger partial charge in [0.05, 0.1) is 5.69 Å². The summed E-state index contributed by atoms with van der Waals surface area (Å²) in [5.41, 5.74) is 11.9. The van der Waals surface area contributed by atoms with Crippen molar-refractivity contribution < 1.29 is 5.11 Å². The lowest BCUT2D eigenvalue weighted by molar-refractivity contribution is 0.475. The van der Waals surface area contributed by atoms with Crippen molar-refractivity contribution in [2.45, 2.75) is 0 Å². The molecule has 82 valence electrons. The van der Waals surface area contributed by atoms with E-state index in [4.69, 9.17) is 16.6 Å². The predicted molar refractivity (Wildman–Crippen MR) is 59.7 cm³/mol. The van der Waals surface area contributed by atoms with Crippen LogP contribution in [0.1, 0.15) is 0 Å². The van der Waals surface area contributed by atoms with Crippen LogP contribution in [0, 0.1) is 0 Å². The molecule has 16 heavy (non-hydrogen) atoms. The molecule has 1 aromatic carbocycles. The third-order valence-corrected chi connectivity index (χ3v) is 1.91. The SMILES string of the molecule is Nc1n[nH]c(N)c1N=Nc1ccc(O)cc1. The molecule has 0 aliphatic heterocycles. The van der Waals surface area contributed by atoms with Gasteiger partial charge in [0.1, 0.15) is 11.6 Å². The van der Waals surface area contributed by atoms with E-state index in [1.165, 1.54) is 12.1 Å². The van der Waals surface area contributed by atoms with E-state index in [0.29, 0.717) is 11.4 Å². The van der Waals surface area contributed by atoms with Gasteiger partial charge in [0.2, 0.25) is 0 Å². The number of nitrogens with two attached hydrogens (primary N) is 2. The number of azo groups is 1. The van der Waals surface area contributed by atoms with E-state index in [9.17, 15) is 0 Å². The molecule has 0 atom stereocenters. The van der Waals surface area contributed by atoms with E-state index >= 15 is 0 Å². The zero-order chi connectivity index (χ0) is 11.5. The molecule has 0 aliphatic rings. The first-order valence-corrected chi connectivity index (χ1v) is 4.47. The van der Waals surface area contributed by atoms with Gasteiger partial charge in [-0.3, -0.25) is 5.10 Å². The summed E-state index contributed by atoms with van der Waals surface area (Å²) < 4.78 is 0. The largest absolute Gasteiger partial charge is 0.508 e. The van der Waals surface area contributed by atoms with Crippen LogP contribution in [-0.4, -0.2) is 15.3 Å². The fourth-order valence-electron chi connectivity index (χ4n) is 1.10. The first kappa shape index (κ1) is 9.97. The van der Waals surface area contributed by atoms with E-state index in [1.807, 2.05) is 0 Å². The number of H-pyrrole nitrogens is 1. The van der Waals surface area contributed by atoms with Crippen molar-refractivity contribution in [3.05, 3.63) is 24.3 Å². The number of rotatable bonds is 2. The van der Waals surface area contributed by atoms with Crippen molar-refractivity contribution in [2.24, 2.45) is 10.2 Å². The van der Waals surface area contributed by atoms with Crippen molar-refractivity contribution in [3.63, 3.8) is 0 Å².